The highest BCUT2D eigenvalue weighted by atomic mass is 32.2. The number of amides is 1. The number of nitrogens with one attached hydrogen (secondary N) is 1. The maximum atomic E-state index is 12.4. The minimum absolute atomic E-state index is 0.0410. The van der Waals surface area contributed by atoms with Crippen molar-refractivity contribution in [3.8, 4) is 22.9 Å². The van der Waals surface area contributed by atoms with Crippen LogP contribution in [-0.2, 0) is 10.5 Å². The average Bonchev–Trinajstić information content (AvgIpc) is 3.25. The smallest absolute Gasteiger partial charge is 0.248 e. The van der Waals surface area contributed by atoms with E-state index in [4.69, 9.17) is 4.42 Å². The minimum Gasteiger partial charge on any atom is -0.416 e. The van der Waals surface area contributed by atoms with E-state index in [2.05, 4.69) is 40.6 Å². The number of aryl methyl sites for hydroxylation is 2. The predicted molar refractivity (Wildman–Crippen MR) is 126 cm³/mol. The zero-order valence-electron chi connectivity index (χ0n) is 17.5. The first kappa shape index (κ1) is 20.9. The van der Waals surface area contributed by atoms with Crippen LogP contribution in [0, 0.1) is 13.8 Å². The van der Waals surface area contributed by atoms with Gasteiger partial charge in [0, 0.05) is 22.6 Å². The van der Waals surface area contributed by atoms with Crippen LogP contribution in [0.15, 0.2) is 77.2 Å². The summed E-state index contributed by atoms with van der Waals surface area (Å²) in [4.78, 5) is 12.4. The first-order valence-electron chi connectivity index (χ1n) is 10.0. The topological polar surface area (TPSA) is 68.0 Å². The molecule has 0 spiro atoms. The van der Waals surface area contributed by atoms with E-state index in [1.165, 1.54) is 16.7 Å². The molecule has 0 aliphatic heterocycles. The molecular formula is C25H23N3O2S. The summed E-state index contributed by atoms with van der Waals surface area (Å²) in [5.74, 6) is 2.04. The van der Waals surface area contributed by atoms with Crippen molar-refractivity contribution in [2.24, 2.45) is 0 Å². The van der Waals surface area contributed by atoms with Crippen molar-refractivity contribution in [1.29, 1.82) is 0 Å². The lowest BCUT2D eigenvalue weighted by molar-refractivity contribution is -0.113. The molecular weight excluding hydrogens is 406 g/mol. The lowest BCUT2D eigenvalue weighted by atomic mass is 10.1. The third kappa shape index (κ3) is 5.61. The Bertz CT molecular complexity index is 1190. The molecule has 0 aliphatic rings. The van der Waals surface area contributed by atoms with E-state index >= 15 is 0 Å². The van der Waals surface area contributed by atoms with Gasteiger partial charge in [-0.1, -0.05) is 53.6 Å². The molecule has 0 atom stereocenters. The summed E-state index contributed by atoms with van der Waals surface area (Å²) in [5, 5.41) is 11.3. The zero-order valence-corrected chi connectivity index (χ0v) is 18.3. The fourth-order valence-electron chi connectivity index (χ4n) is 3.14. The van der Waals surface area contributed by atoms with E-state index in [1.54, 1.807) is 11.8 Å². The lowest BCUT2D eigenvalue weighted by Crippen LogP contribution is -2.14. The van der Waals surface area contributed by atoms with Crippen LogP contribution < -0.4 is 5.32 Å². The predicted octanol–water partition coefficient (Wildman–Crippen LogP) is 5.89. The number of thioether (sulfide) groups is 1. The molecule has 0 unspecified atom stereocenters. The first-order valence-corrected chi connectivity index (χ1v) is 11.2. The number of benzene rings is 3. The number of anilines is 1. The van der Waals surface area contributed by atoms with Crippen LogP contribution in [0.2, 0.25) is 0 Å². The summed E-state index contributed by atoms with van der Waals surface area (Å²) in [6.07, 6.45) is 0. The third-order valence-corrected chi connectivity index (χ3v) is 5.70. The Morgan fingerprint density at radius 3 is 2.39 bits per heavy atom. The van der Waals surface area contributed by atoms with Gasteiger partial charge in [0.05, 0.1) is 5.75 Å². The van der Waals surface area contributed by atoms with Crippen LogP contribution in [0.25, 0.3) is 22.9 Å². The van der Waals surface area contributed by atoms with Gasteiger partial charge >= 0.3 is 0 Å². The Hall–Kier alpha value is -3.38. The maximum absolute atomic E-state index is 12.4. The molecule has 1 aromatic heterocycles. The van der Waals surface area contributed by atoms with E-state index < -0.39 is 0 Å². The second kappa shape index (κ2) is 9.62. The Morgan fingerprint density at radius 2 is 1.61 bits per heavy atom. The van der Waals surface area contributed by atoms with Gasteiger partial charge in [-0.05, 0) is 49.7 Å². The average molecular weight is 430 g/mol. The molecule has 0 bridgehead atoms. The SMILES string of the molecule is Cc1ccc(-c2nnc(-c3cccc(NC(=O)CSCc4cccc(C)c4)c3)o2)cc1. The Labute approximate surface area is 185 Å². The molecule has 6 heteroatoms. The molecule has 0 saturated heterocycles. The van der Waals surface area contributed by atoms with Crippen molar-refractivity contribution in [2.45, 2.75) is 19.6 Å². The molecule has 4 aromatic rings. The number of rotatable bonds is 7. The summed E-state index contributed by atoms with van der Waals surface area (Å²) < 4.78 is 5.84. The van der Waals surface area contributed by atoms with Gasteiger partial charge < -0.3 is 9.73 Å². The molecule has 5 nitrogen and oxygen atoms in total. The monoisotopic (exact) mass is 429 g/mol. The highest BCUT2D eigenvalue weighted by molar-refractivity contribution is 7.99. The molecule has 1 N–H and O–H groups in total. The van der Waals surface area contributed by atoms with Gasteiger partial charge in [0.25, 0.3) is 0 Å². The number of carbonyl (C=O) groups is 1. The molecule has 4 rings (SSSR count). The molecule has 1 heterocycles. The summed E-state index contributed by atoms with van der Waals surface area (Å²) in [6, 6.07) is 23.7. The zero-order chi connectivity index (χ0) is 21.6. The van der Waals surface area contributed by atoms with Gasteiger partial charge in [-0.2, -0.15) is 0 Å². The van der Waals surface area contributed by atoms with Gasteiger partial charge in [0.1, 0.15) is 0 Å². The summed E-state index contributed by atoms with van der Waals surface area (Å²) in [7, 11) is 0. The molecule has 0 radical (unpaired) electrons. The quantitative estimate of drug-likeness (QED) is 0.397. The van der Waals surface area contributed by atoms with E-state index in [9.17, 15) is 4.79 Å². The van der Waals surface area contributed by atoms with Gasteiger partial charge in [-0.15, -0.1) is 22.0 Å². The molecule has 1 amide bonds. The number of carbonyl (C=O) groups excluding carboxylic acids is 1. The fourth-order valence-corrected chi connectivity index (χ4v) is 3.92. The number of hydrogen-bond donors (Lipinski definition) is 1. The van der Waals surface area contributed by atoms with E-state index in [1.807, 2.05) is 61.5 Å². The number of aromatic nitrogens is 2. The molecule has 0 saturated carbocycles. The lowest BCUT2D eigenvalue weighted by Gasteiger charge is -2.07. The van der Waals surface area contributed by atoms with Crippen LogP contribution >= 0.6 is 11.8 Å². The largest absolute Gasteiger partial charge is 0.416 e. The fraction of sp³-hybridized carbons (Fsp3) is 0.160. The van der Waals surface area contributed by atoms with Gasteiger partial charge in [-0.3, -0.25) is 4.79 Å². The summed E-state index contributed by atoms with van der Waals surface area (Å²) in [6.45, 7) is 4.10. The highest BCUT2D eigenvalue weighted by Gasteiger charge is 2.12. The van der Waals surface area contributed by atoms with Crippen molar-refractivity contribution in [3.63, 3.8) is 0 Å². The van der Waals surface area contributed by atoms with Gasteiger partial charge in [0.15, 0.2) is 0 Å². The van der Waals surface area contributed by atoms with Crippen molar-refractivity contribution in [3.05, 3.63) is 89.5 Å². The normalized spacial score (nSPS) is 10.8. The van der Waals surface area contributed by atoms with Crippen LogP contribution in [0.1, 0.15) is 16.7 Å². The number of hydrogen-bond acceptors (Lipinski definition) is 5. The minimum atomic E-state index is -0.0410. The van der Waals surface area contributed by atoms with Crippen LogP contribution in [-0.4, -0.2) is 21.9 Å². The molecule has 0 fully saturated rings. The first-order chi connectivity index (χ1) is 15.1. The second-order valence-corrected chi connectivity index (χ2v) is 8.37. The molecule has 0 aliphatic carbocycles. The second-order valence-electron chi connectivity index (χ2n) is 7.39. The number of nitrogens with zero attached hydrogens (tertiary/aromatic N) is 2. The third-order valence-electron chi connectivity index (χ3n) is 4.70. The molecule has 3 aromatic carbocycles. The summed E-state index contributed by atoms with van der Waals surface area (Å²) >= 11 is 1.59. The van der Waals surface area contributed by atoms with Gasteiger partial charge in [-0.25, -0.2) is 0 Å². The van der Waals surface area contributed by atoms with Crippen molar-refractivity contribution in [1.82, 2.24) is 10.2 Å². The van der Waals surface area contributed by atoms with Crippen molar-refractivity contribution >= 4 is 23.4 Å². The molecule has 31 heavy (non-hydrogen) atoms. The Kier molecular flexibility index (Phi) is 6.48. The summed E-state index contributed by atoms with van der Waals surface area (Å²) in [5.41, 5.74) is 5.96. The van der Waals surface area contributed by atoms with Crippen molar-refractivity contribution < 1.29 is 9.21 Å². The van der Waals surface area contributed by atoms with Crippen molar-refractivity contribution in [2.75, 3.05) is 11.1 Å². The van der Waals surface area contributed by atoms with E-state index in [-0.39, 0.29) is 5.91 Å². The molecule has 156 valence electrons. The van der Waals surface area contributed by atoms with E-state index in [0.29, 0.717) is 23.2 Å². The highest BCUT2D eigenvalue weighted by Crippen LogP contribution is 2.26. The Balaban J connectivity index is 1.37. The van der Waals surface area contributed by atoms with Gasteiger partial charge in [0.2, 0.25) is 17.7 Å². The van der Waals surface area contributed by atoms with E-state index in [0.717, 1.165) is 16.9 Å². The standard InChI is InChI=1S/C25H23N3O2S/c1-17-9-11-20(12-10-17)24-27-28-25(30-24)21-7-4-8-22(14-21)26-23(29)16-31-15-19-6-3-5-18(2)13-19/h3-14H,15-16H2,1-2H3,(H,26,29). The van der Waals surface area contributed by atoms with Crippen LogP contribution in [0.4, 0.5) is 5.69 Å². The van der Waals surface area contributed by atoms with Crippen LogP contribution in [0.5, 0.6) is 0 Å². The maximum Gasteiger partial charge on any atom is 0.248 e. The van der Waals surface area contributed by atoms with Crippen LogP contribution in [0.3, 0.4) is 0 Å². The Morgan fingerprint density at radius 1 is 0.871 bits per heavy atom.